The van der Waals surface area contributed by atoms with E-state index in [4.69, 9.17) is 4.74 Å². The van der Waals surface area contributed by atoms with Gasteiger partial charge in [-0.1, -0.05) is 12.1 Å². The number of carbonyl (C=O) groups excluding carboxylic acids is 1. The molecule has 0 heterocycles. The minimum atomic E-state index is -0.434. The van der Waals surface area contributed by atoms with Crippen molar-refractivity contribution in [2.24, 2.45) is 11.8 Å². The molecule has 2 fully saturated rings. The van der Waals surface area contributed by atoms with E-state index < -0.39 is 5.82 Å². The van der Waals surface area contributed by atoms with Crippen LogP contribution in [0.3, 0.4) is 0 Å². The molecule has 4 heteroatoms. The van der Waals surface area contributed by atoms with Crippen molar-refractivity contribution in [3.8, 4) is 5.75 Å². The van der Waals surface area contributed by atoms with Crippen LogP contribution in [0.25, 0.3) is 0 Å². The maximum atomic E-state index is 13.3. The van der Waals surface area contributed by atoms with Crippen LogP contribution < -0.4 is 10.1 Å². The smallest absolute Gasteiger partial charge is 0.258 e. The van der Waals surface area contributed by atoms with Crippen LogP contribution in [0.1, 0.15) is 25.7 Å². The Kier molecular flexibility index (Phi) is 3.40. The Morgan fingerprint density at radius 3 is 2.47 bits per heavy atom. The Morgan fingerprint density at radius 2 is 1.89 bits per heavy atom. The van der Waals surface area contributed by atoms with E-state index in [9.17, 15) is 9.18 Å². The zero-order chi connectivity index (χ0) is 13.2. The average Bonchev–Trinajstić information content (AvgIpc) is 3.28. The van der Waals surface area contributed by atoms with Crippen LogP contribution >= 0.6 is 0 Å². The van der Waals surface area contributed by atoms with Gasteiger partial charge in [0.05, 0.1) is 0 Å². The number of rotatable bonds is 6. The van der Waals surface area contributed by atoms with Crippen molar-refractivity contribution in [2.75, 3.05) is 6.61 Å². The zero-order valence-electron chi connectivity index (χ0n) is 10.8. The molecule has 1 aromatic carbocycles. The first-order chi connectivity index (χ1) is 9.24. The lowest BCUT2D eigenvalue weighted by Gasteiger charge is -2.17. The predicted octanol–water partition coefficient (Wildman–Crippen LogP) is 2.51. The van der Waals surface area contributed by atoms with Crippen molar-refractivity contribution in [3.05, 3.63) is 30.1 Å². The molecule has 3 rings (SSSR count). The molecule has 2 saturated carbocycles. The van der Waals surface area contributed by atoms with Crippen molar-refractivity contribution in [3.63, 3.8) is 0 Å². The van der Waals surface area contributed by atoms with Crippen molar-refractivity contribution in [1.29, 1.82) is 0 Å². The number of benzene rings is 1. The summed E-state index contributed by atoms with van der Waals surface area (Å²) in [6.07, 6.45) is 4.87. The lowest BCUT2D eigenvalue weighted by atomic mass is 10.1. The van der Waals surface area contributed by atoms with Crippen LogP contribution in [0.5, 0.6) is 5.75 Å². The van der Waals surface area contributed by atoms with E-state index in [1.807, 2.05) is 0 Å². The first kappa shape index (κ1) is 12.5. The predicted molar refractivity (Wildman–Crippen MR) is 69.3 cm³/mol. The summed E-state index contributed by atoms with van der Waals surface area (Å²) < 4.78 is 18.5. The fourth-order valence-corrected chi connectivity index (χ4v) is 2.46. The second-order valence-electron chi connectivity index (χ2n) is 5.49. The molecule has 0 bridgehead atoms. The zero-order valence-corrected chi connectivity index (χ0v) is 10.8. The van der Waals surface area contributed by atoms with Gasteiger partial charge >= 0.3 is 0 Å². The SMILES string of the molecule is O=C(COc1ccccc1F)NC(C1CC1)C1CC1. The normalized spacial score (nSPS) is 18.4. The second kappa shape index (κ2) is 5.19. The summed E-state index contributed by atoms with van der Waals surface area (Å²) in [4.78, 5) is 11.8. The van der Waals surface area contributed by atoms with Crippen molar-refractivity contribution in [2.45, 2.75) is 31.7 Å². The fraction of sp³-hybridized carbons (Fsp3) is 0.533. The Hall–Kier alpha value is -1.58. The maximum Gasteiger partial charge on any atom is 0.258 e. The molecule has 2 aliphatic rings. The molecule has 0 saturated heterocycles. The topological polar surface area (TPSA) is 38.3 Å². The number of nitrogens with one attached hydrogen (secondary N) is 1. The Bertz CT molecular complexity index is 457. The van der Waals surface area contributed by atoms with Gasteiger partial charge in [0.15, 0.2) is 18.2 Å². The highest BCUT2D eigenvalue weighted by Crippen LogP contribution is 2.44. The molecule has 0 radical (unpaired) electrons. The van der Waals surface area contributed by atoms with Crippen LogP contribution in [-0.4, -0.2) is 18.6 Å². The minimum Gasteiger partial charge on any atom is -0.481 e. The summed E-state index contributed by atoms with van der Waals surface area (Å²) in [5, 5.41) is 3.04. The highest BCUT2D eigenvalue weighted by Gasteiger charge is 2.42. The number of hydrogen-bond donors (Lipinski definition) is 1. The quantitative estimate of drug-likeness (QED) is 0.856. The molecule has 0 atom stereocenters. The van der Waals surface area contributed by atoms with Gasteiger partial charge in [-0.05, 0) is 49.7 Å². The molecule has 0 aromatic heterocycles. The van der Waals surface area contributed by atoms with Gasteiger partial charge in [0.2, 0.25) is 0 Å². The lowest BCUT2D eigenvalue weighted by molar-refractivity contribution is -0.124. The third kappa shape index (κ3) is 3.25. The van der Waals surface area contributed by atoms with Gasteiger partial charge in [-0.15, -0.1) is 0 Å². The summed E-state index contributed by atoms with van der Waals surface area (Å²) in [6.45, 7) is -0.114. The van der Waals surface area contributed by atoms with E-state index in [1.165, 1.54) is 37.8 Å². The molecule has 1 N–H and O–H groups in total. The summed E-state index contributed by atoms with van der Waals surface area (Å²) in [5.41, 5.74) is 0. The highest BCUT2D eigenvalue weighted by atomic mass is 19.1. The fourth-order valence-electron chi connectivity index (χ4n) is 2.46. The van der Waals surface area contributed by atoms with E-state index in [1.54, 1.807) is 12.1 Å². The van der Waals surface area contributed by atoms with Crippen molar-refractivity contribution < 1.29 is 13.9 Å². The number of hydrogen-bond acceptors (Lipinski definition) is 2. The molecule has 1 aromatic rings. The molecular formula is C15H18FNO2. The van der Waals surface area contributed by atoms with Gasteiger partial charge in [0.25, 0.3) is 5.91 Å². The molecule has 0 spiro atoms. The second-order valence-corrected chi connectivity index (χ2v) is 5.49. The van der Waals surface area contributed by atoms with E-state index in [0.29, 0.717) is 17.9 Å². The lowest BCUT2D eigenvalue weighted by Crippen LogP contribution is -2.40. The van der Waals surface area contributed by atoms with Crippen LogP contribution in [0.2, 0.25) is 0 Å². The molecule has 3 nitrogen and oxygen atoms in total. The molecule has 0 aliphatic heterocycles. The van der Waals surface area contributed by atoms with Crippen LogP contribution in [-0.2, 0) is 4.79 Å². The molecule has 19 heavy (non-hydrogen) atoms. The Balaban J connectivity index is 1.49. The number of amides is 1. The van der Waals surface area contributed by atoms with Gasteiger partial charge in [0.1, 0.15) is 0 Å². The third-order valence-corrected chi connectivity index (χ3v) is 3.78. The first-order valence-corrected chi connectivity index (χ1v) is 6.91. The van der Waals surface area contributed by atoms with Gasteiger partial charge in [-0.3, -0.25) is 4.79 Å². The standard InChI is InChI=1S/C15H18FNO2/c16-12-3-1-2-4-13(12)19-9-14(18)17-15(10-5-6-10)11-7-8-11/h1-4,10-11,15H,5-9H2,(H,17,18). The Morgan fingerprint density at radius 1 is 1.26 bits per heavy atom. The molecular weight excluding hydrogens is 245 g/mol. The van der Waals surface area contributed by atoms with E-state index >= 15 is 0 Å². The Labute approximate surface area is 112 Å². The van der Waals surface area contributed by atoms with Gasteiger partial charge in [-0.2, -0.15) is 0 Å². The average molecular weight is 263 g/mol. The third-order valence-electron chi connectivity index (χ3n) is 3.78. The maximum absolute atomic E-state index is 13.3. The molecule has 0 unspecified atom stereocenters. The van der Waals surface area contributed by atoms with Crippen LogP contribution in [0, 0.1) is 17.7 Å². The first-order valence-electron chi connectivity index (χ1n) is 6.91. The number of carbonyl (C=O) groups is 1. The molecule has 102 valence electrons. The van der Waals surface area contributed by atoms with Crippen molar-refractivity contribution in [1.82, 2.24) is 5.32 Å². The minimum absolute atomic E-state index is 0.114. The number of halogens is 1. The summed E-state index contributed by atoms with van der Waals surface area (Å²) >= 11 is 0. The largest absolute Gasteiger partial charge is 0.481 e. The van der Waals surface area contributed by atoms with E-state index in [0.717, 1.165) is 0 Å². The molecule has 2 aliphatic carbocycles. The van der Waals surface area contributed by atoms with Gasteiger partial charge < -0.3 is 10.1 Å². The van der Waals surface area contributed by atoms with Crippen LogP contribution in [0.15, 0.2) is 24.3 Å². The molecule has 1 amide bonds. The van der Waals surface area contributed by atoms with E-state index in [-0.39, 0.29) is 18.3 Å². The van der Waals surface area contributed by atoms with Gasteiger partial charge in [-0.25, -0.2) is 4.39 Å². The van der Waals surface area contributed by atoms with E-state index in [2.05, 4.69) is 5.32 Å². The monoisotopic (exact) mass is 263 g/mol. The van der Waals surface area contributed by atoms with Crippen LogP contribution in [0.4, 0.5) is 4.39 Å². The number of ether oxygens (including phenoxy) is 1. The summed E-state index contributed by atoms with van der Waals surface area (Å²) in [7, 11) is 0. The summed E-state index contributed by atoms with van der Waals surface area (Å²) in [5.74, 6) is 0.866. The van der Waals surface area contributed by atoms with Crippen molar-refractivity contribution >= 4 is 5.91 Å². The summed E-state index contributed by atoms with van der Waals surface area (Å²) in [6, 6.07) is 6.45. The highest BCUT2D eigenvalue weighted by molar-refractivity contribution is 5.78. The van der Waals surface area contributed by atoms with Gasteiger partial charge in [0, 0.05) is 6.04 Å². The number of para-hydroxylation sites is 1.